The average molecular weight is 536 g/mol. The minimum atomic E-state index is -1.19. The zero-order chi connectivity index (χ0) is 28.0. The summed E-state index contributed by atoms with van der Waals surface area (Å²) >= 11 is 0. The molecule has 0 saturated heterocycles. The molecule has 0 saturated carbocycles. The van der Waals surface area contributed by atoms with Crippen molar-refractivity contribution >= 4 is 29.7 Å². The molecule has 39 heavy (non-hydrogen) atoms. The van der Waals surface area contributed by atoms with Gasteiger partial charge in [0.25, 0.3) is 11.8 Å². The Balaban J connectivity index is 1.69. The molecule has 202 valence electrons. The highest BCUT2D eigenvalue weighted by atomic mass is 16.5. The fourth-order valence-corrected chi connectivity index (χ4v) is 3.40. The first kappa shape index (κ1) is 28.6. The Bertz CT molecular complexity index is 1210. The molecule has 1 heterocycles. The molecular formula is C26H25N5O8. The summed E-state index contributed by atoms with van der Waals surface area (Å²) in [5, 5.41) is 5.76. The highest BCUT2D eigenvalue weighted by Crippen LogP contribution is 2.24. The molecule has 3 rings (SSSR count). The average Bonchev–Trinajstić information content (AvgIpc) is 3.20. The molecule has 2 aromatic rings. The summed E-state index contributed by atoms with van der Waals surface area (Å²) in [6, 6.07) is 17.2. The summed E-state index contributed by atoms with van der Waals surface area (Å²) in [5.74, 6) is -5.41. The van der Waals surface area contributed by atoms with Crippen molar-refractivity contribution in [2.24, 2.45) is 5.11 Å². The molecule has 13 nitrogen and oxygen atoms in total. The Labute approximate surface area is 222 Å². The van der Waals surface area contributed by atoms with Crippen LogP contribution in [0.3, 0.4) is 0 Å². The Morgan fingerprint density at radius 3 is 1.82 bits per heavy atom. The largest absolute Gasteiger partial charge is 0.457 e. The van der Waals surface area contributed by atoms with Crippen LogP contribution in [0.15, 0.2) is 76.9 Å². The molecule has 1 aliphatic rings. The maximum absolute atomic E-state index is 13.1. The SMILES string of the molecule is [N-]=[N+]=NCCOCCNC(=O)CN1C(=O)C(C(=O)OCc2ccccc2)=C(C(=O)OCc2ccccc2)C1=O. The monoisotopic (exact) mass is 535 g/mol. The standard InChI is InChI=1S/C26H25N5O8/c27-30-29-12-14-37-13-11-28-20(32)15-31-23(33)21(25(35)38-16-18-7-3-1-4-8-18)22(24(31)34)26(36)39-17-19-9-5-2-6-10-19/h1-10H,11-17H2,(H,28,32). The molecule has 0 aliphatic carbocycles. The molecule has 2 aromatic carbocycles. The van der Waals surface area contributed by atoms with Crippen molar-refractivity contribution in [2.75, 3.05) is 32.8 Å². The second kappa shape index (κ2) is 14.7. The number of nitrogens with one attached hydrogen (secondary N) is 1. The third-order valence-electron chi connectivity index (χ3n) is 5.27. The van der Waals surface area contributed by atoms with E-state index in [1.54, 1.807) is 60.7 Å². The molecule has 1 aliphatic heterocycles. The number of ether oxygens (including phenoxy) is 3. The van der Waals surface area contributed by atoms with Crippen LogP contribution >= 0.6 is 0 Å². The number of carbonyl (C=O) groups is 5. The minimum absolute atomic E-state index is 0.0384. The van der Waals surface area contributed by atoms with E-state index in [1.807, 2.05) is 0 Å². The molecule has 0 radical (unpaired) electrons. The molecule has 3 amide bonds. The normalized spacial score (nSPS) is 12.7. The van der Waals surface area contributed by atoms with Gasteiger partial charge in [-0.05, 0) is 16.7 Å². The van der Waals surface area contributed by atoms with E-state index < -0.39 is 47.4 Å². The smallest absolute Gasteiger partial charge is 0.345 e. The molecule has 0 unspecified atom stereocenters. The van der Waals surface area contributed by atoms with Crippen LogP contribution in [0, 0.1) is 0 Å². The second-order valence-corrected chi connectivity index (χ2v) is 7.99. The van der Waals surface area contributed by atoms with Gasteiger partial charge in [-0.15, -0.1) is 0 Å². The predicted molar refractivity (Wildman–Crippen MR) is 134 cm³/mol. The van der Waals surface area contributed by atoms with Crippen molar-refractivity contribution in [2.45, 2.75) is 13.2 Å². The van der Waals surface area contributed by atoms with Crippen LogP contribution in [-0.4, -0.2) is 67.4 Å². The highest BCUT2D eigenvalue weighted by molar-refractivity contribution is 6.38. The van der Waals surface area contributed by atoms with E-state index in [9.17, 15) is 24.0 Å². The first-order chi connectivity index (χ1) is 18.9. The molecule has 0 fully saturated rings. The van der Waals surface area contributed by atoms with Gasteiger partial charge in [-0.2, -0.15) is 0 Å². The minimum Gasteiger partial charge on any atom is -0.457 e. The maximum atomic E-state index is 13.1. The summed E-state index contributed by atoms with van der Waals surface area (Å²) in [4.78, 5) is 67.3. The molecule has 0 aromatic heterocycles. The summed E-state index contributed by atoms with van der Waals surface area (Å²) < 4.78 is 15.6. The lowest BCUT2D eigenvalue weighted by Gasteiger charge is -2.14. The third-order valence-corrected chi connectivity index (χ3v) is 5.27. The molecule has 0 bridgehead atoms. The van der Waals surface area contributed by atoms with Crippen LogP contribution in [0.5, 0.6) is 0 Å². The second-order valence-electron chi connectivity index (χ2n) is 7.99. The molecule has 13 heteroatoms. The molecule has 0 atom stereocenters. The Morgan fingerprint density at radius 1 is 0.821 bits per heavy atom. The number of nitrogens with zero attached hydrogens (tertiary/aromatic N) is 4. The van der Waals surface area contributed by atoms with Crippen LogP contribution in [-0.2, 0) is 51.4 Å². The van der Waals surface area contributed by atoms with Gasteiger partial charge in [0.15, 0.2) is 0 Å². The summed E-state index contributed by atoms with van der Waals surface area (Å²) in [6.07, 6.45) is 0. The van der Waals surface area contributed by atoms with Gasteiger partial charge in [-0.3, -0.25) is 19.3 Å². The predicted octanol–water partition coefficient (Wildman–Crippen LogP) is 1.58. The first-order valence-corrected chi connectivity index (χ1v) is 11.8. The Kier molecular flexibility index (Phi) is 10.7. The number of rotatable bonds is 14. The van der Waals surface area contributed by atoms with Crippen molar-refractivity contribution in [1.29, 1.82) is 0 Å². The van der Waals surface area contributed by atoms with E-state index in [2.05, 4.69) is 15.3 Å². The zero-order valence-electron chi connectivity index (χ0n) is 20.8. The van der Waals surface area contributed by atoms with E-state index in [0.717, 1.165) is 0 Å². The number of esters is 2. The lowest BCUT2D eigenvalue weighted by atomic mass is 10.1. The highest BCUT2D eigenvalue weighted by Gasteiger charge is 2.47. The van der Waals surface area contributed by atoms with Gasteiger partial charge in [0.05, 0.1) is 13.2 Å². The van der Waals surface area contributed by atoms with Gasteiger partial charge in [0, 0.05) is 18.0 Å². The van der Waals surface area contributed by atoms with Gasteiger partial charge < -0.3 is 19.5 Å². The first-order valence-electron chi connectivity index (χ1n) is 11.8. The number of hydrogen-bond acceptors (Lipinski definition) is 9. The number of benzene rings is 2. The van der Waals surface area contributed by atoms with Crippen LogP contribution in [0.2, 0.25) is 0 Å². The fraction of sp³-hybridized carbons (Fsp3) is 0.269. The number of azide groups is 1. The molecule has 1 N–H and O–H groups in total. The third kappa shape index (κ3) is 8.25. The number of amides is 3. The van der Waals surface area contributed by atoms with Crippen molar-refractivity contribution in [1.82, 2.24) is 10.2 Å². The van der Waals surface area contributed by atoms with Crippen molar-refractivity contribution in [3.05, 3.63) is 93.4 Å². The summed E-state index contributed by atoms with van der Waals surface area (Å²) in [6.45, 7) is -0.775. The quantitative estimate of drug-likeness (QED) is 0.0721. The fourth-order valence-electron chi connectivity index (χ4n) is 3.40. The van der Waals surface area contributed by atoms with Crippen LogP contribution < -0.4 is 5.32 Å². The van der Waals surface area contributed by atoms with Gasteiger partial charge >= 0.3 is 11.9 Å². The maximum Gasteiger partial charge on any atom is 0.345 e. The van der Waals surface area contributed by atoms with E-state index in [4.69, 9.17) is 19.7 Å². The summed E-state index contributed by atoms with van der Waals surface area (Å²) in [5.41, 5.74) is 7.85. The van der Waals surface area contributed by atoms with E-state index >= 15 is 0 Å². The molecular weight excluding hydrogens is 510 g/mol. The number of hydrogen-bond donors (Lipinski definition) is 1. The number of carbonyl (C=O) groups excluding carboxylic acids is 5. The molecule has 0 spiro atoms. The van der Waals surface area contributed by atoms with Crippen LogP contribution in [0.25, 0.3) is 10.4 Å². The van der Waals surface area contributed by atoms with E-state index in [0.29, 0.717) is 16.0 Å². The Hall–Kier alpha value is -5.00. The van der Waals surface area contributed by atoms with Crippen LogP contribution in [0.4, 0.5) is 0 Å². The topological polar surface area (TPSA) is 177 Å². The van der Waals surface area contributed by atoms with Gasteiger partial charge in [0.1, 0.15) is 30.9 Å². The number of imide groups is 1. The van der Waals surface area contributed by atoms with Gasteiger partial charge in [0.2, 0.25) is 5.91 Å². The van der Waals surface area contributed by atoms with Crippen molar-refractivity contribution in [3.8, 4) is 0 Å². The van der Waals surface area contributed by atoms with E-state index in [-0.39, 0.29) is 39.5 Å². The van der Waals surface area contributed by atoms with Gasteiger partial charge in [-0.25, -0.2) is 9.59 Å². The zero-order valence-corrected chi connectivity index (χ0v) is 20.8. The van der Waals surface area contributed by atoms with Crippen LogP contribution in [0.1, 0.15) is 11.1 Å². The lowest BCUT2D eigenvalue weighted by molar-refractivity contribution is -0.145. The lowest BCUT2D eigenvalue weighted by Crippen LogP contribution is -2.42. The van der Waals surface area contributed by atoms with Crippen molar-refractivity contribution in [3.63, 3.8) is 0 Å². The van der Waals surface area contributed by atoms with Gasteiger partial charge in [-0.1, -0.05) is 65.8 Å². The van der Waals surface area contributed by atoms with Crippen molar-refractivity contribution < 1.29 is 38.2 Å². The van der Waals surface area contributed by atoms with E-state index in [1.165, 1.54) is 0 Å². The summed E-state index contributed by atoms with van der Waals surface area (Å²) in [7, 11) is 0. The Morgan fingerprint density at radius 2 is 1.33 bits per heavy atom.